The molecule has 194 valence electrons. The fourth-order valence-corrected chi connectivity index (χ4v) is 5.25. The quantitative estimate of drug-likeness (QED) is 0.606. The van der Waals surface area contributed by atoms with Gasteiger partial charge in [-0.25, -0.2) is 9.18 Å². The van der Waals surface area contributed by atoms with Crippen LogP contribution in [0.1, 0.15) is 38.2 Å². The molecule has 3 saturated heterocycles. The monoisotopic (exact) mass is 501 g/mol. The zero-order valence-corrected chi connectivity index (χ0v) is 19.6. The van der Waals surface area contributed by atoms with Crippen molar-refractivity contribution in [1.29, 1.82) is 0 Å². The number of nitrogens with one attached hydrogen (secondary N) is 1. The van der Waals surface area contributed by atoms with Crippen molar-refractivity contribution in [1.82, 2.24) is 15.1 Å². The number of carboxylic acid groups (broad SMARTS) is 1. The van der Waals surface area contributed by atoms with Gasteiger partial charge >= 0.3 is 12.1 Å². The van der Waals surface area contributed by atoms with Crippen molar-refractivity contribution in [2.75, 3.05) is 32.7 Å². The Balaban J connectivity index is 0.000000429. The first kappa shape index (κ1) is 26.9. The normalized spacial score (nSPS) is 23.5. The van der Waals surface area contributed by atoms with Gasteiger partial charge in [0.25, 0.3) is 0 Å². The summed E-state index contributed by atoms with van der Waals surface area (Å²) in [6, 6.07) is 6.13. The summed E-state index contributed by atoms with van der Waals surface area (Å²) in [5.74, 6) is -2.28. The van der Waals surface area contributed by atoms with Crippen LogP contribution in [0.25, 0.3) is 0 Å². The lowest BCUT2D eigenvalue weighted by atomic mass is 9.75. The topological polar surface area (TPSA) is 90.0 Å². The van der Waals surface area contributed by atoms with Crippen LogP contribution in [-0.2, 0) is 20.8 Å². The van der Waals surface area contributed by atoms with E-state index in [1.165, 1.54) is 25.0 Å². The maximum Gasteiger partial charge on any atom is 0.490 e. The second kappa shape index (κ2) is 10.9. The van der Waals surface area contributed by atoms with Crippen LogP contribution < -0.4 is 5.32 Å². The van der Waals surface area contributed by atoms with E-state index in [1.54, 1.807) is 12.1 Å². The minimum absolute atomic E-state index is 0.0818. The fraction of sp³-hybridized carbons (Fsp3) is 0.625. The Bertz CT molecular complexity index is 914. The van der Waals surface area contributed by atoms with Crippen molar-refractivity contribution in [3.05, 3.63) is 35.6 Å². The molecule has 7 nitrogen and oxygen atoms in total. The number of rotatable bonds is 5. The predicted molar refractivity (Wildman–Crippen MR) is 119 cm³/mol. The number of carbonyl (C=O) groups is 3. The van der Waals surface area contributed by atoms with E-state index >= 15 is 0 Å². The Hall–Kier alpha value is -2.69. The molecular formula is C24H31F4N3O4. The van der Waals surface area contributed by atoms with Gasteiger partial charge in [-0.2, -0.15) is 13.2 Å². The van der Waals surface area contributed by atoms with Crippen molar-refractivity contribution in [2.45, 2.75) is 50.7 Å². The second-order valence-electron chi connectivity index (χ2n) is 9.46. The zero-order chi connectivity index (χ0) is 25.8. The Morgan fingerprint density at radius 2 is 1.74 bits per heavy atom. The summed E-state index contributed by atoms with van der Waals surface area (Å²) in [6.07, 6.45) is -0.766. The van der Waals surface area contributed by atoms with E-state index in [2.05, 4.69) is 17.1 Å². The molecule has 4 rings (SSSR count). The van der Waals surface area contributed by atoms with Crippen LogP contribution in [0.4, 0.5) is 17.6 Å². The highest BCUT2D eigenvalue weighted by atomic mass is 19.4. The number of aliphatic carboxylic acids is 1. The van der Waals surface area contributed by atoms with Crippen LogP contribution in [0.3, 0.4) is 0 Å². The summed E-state index contributed by atoms with van der Waals surface area (Å²) in [7, 11) is 0. The highest BCUT2D eigenvalue weighted by Gasteiger charge is 2.57. The maximum atomic E-state index is 13.0. The molecule has 3 aliphatic rings. The molecule has 0 unspecified atom stereocenters. The lowest BCUT2D eigenvalue weighted by Crippen LogP contribution is -2.56. The number of carboxylic acids is 1. The van der Waals surface area contributed by atoms with E-state index < -0.39 is 12.1 Å². The van der Waals surface area contributed by atoms with E-state index in [9.17, 15) is 27.2 Å². The minimum Gasteiger partial charge on any atom is -0.475 e. The van der Waals surface area contributed by atoms with E-state index in [0.717, 1.165) is 38.0 Å². The molecule has 0 aromatic heterocycles. The average molecular weight is 502 g/mol. The van der Waals surface area contributed by atoms with Gasteiger partial charge in [-0.1, -0.05) is 25.5 Å². The largest absolute Gasteiger partial charge is 0.490 e. The summed E-state index contributed by atoms with van der Waals surface area (Å²) in [6.45, 7) is 6.51. The molecular weight excluding hydrogens is 470 g/mol. The first-order valence-electron chi connectivity index (χ1n) is 11.8. The first-order chi connectivity index (χ1) is 16.4. The molecule has 35 heavy (non-hydrogen) atoms. The molecule has 1 aromatic carbocycles. The molecule has 1 aromatic rings. The van der Waals surface area contributed by atoms with E-state index in [4.69, 9.17) is 9.90 Å². The average Bonchev–Trinajstić information content (AvgIpc) is 3.33. The molecule has 0 aliphatic carbocycles. The van der Waals surface area contributed by atoms with Crippen molar-refractivity contribution < 1.29 is 37.1 Å². The minimum atomic E-state index is -5.08. The molecule has 0 bridgehead atoms. The standard InChI is InChI=1S/C22H30FN3O2.C2HF3O2/c1-2-3-10-25-14-18-19(15-25)22(24-21(18)28)8-11-26(12-9-22)20(27)13-16-4-6-17(23)7-5-16;3-2(4,5)1(6)7/h4-7,18-19H,2-3,8-15H2,1H3,(H,24,28);(H,6,7)/t18-,19+;/m1./s1. The van der Waals surface area contributed by atoms with Gasteiger partial charge in [-0.05, 0) is 43.5 Å². The van der Waals surface area contributed by atoms with Crippen LogP contribution in [-0.4, -0.2) is 77.1 Å². The number of hydrogen-bond acceptors (Lipinski definition) is 4. The maximum absolute atomic E-state index is 13.0. The third kappa shape index (κ3) is 6.50. The summed E-state index contributed by atoms with van der Waals surface area (Å²) < 4.78 is 44.8. The van der Waals surface area contributed by atoms with Crippen molar-refractivity contribution in [2.24, 2.45) is 11.8 Å². The van der Waals surface area contributed by atoms with Crippen LogP contribution in [0, 0.1) is 17.7 Å². The lowest BCUT2D eigenvalue weighted by Gasteiger charge is -2.43. The molecule has 0 radical (unpaired) electrons. The van der Waals surface area contributed by atoms with Gasteiger partial charge in [0.15, 0.2) is 0 Å². The molecule has 3 aliphatic heterocycles. The van der Waals surface area contributed by atoms with Gasteiger partial charge in [0, 0.05) is 37.6 Å². The van der Waals surface area contributed by atoms with Crippen molar-refractivity contribution in [3.63, 3.8) is 0 Å². The predicted octanol–water partition coefficient (Wildman–Crippen LogP) is 2.84. The van der Waals surface area contributed by atoms with E-state index in [-0.39, 0.29) is 29.1 Å². The molecule has 2 atom stereocenters. The summed E-state index contributed by atoms with van der Waals surface area (Å²) in [4.78, 5) is 38.5. The number of likely N-dealkylation sites (tertiary alicyclic amines) is 2. The highest BCUT2D eigenvalue weighted by molar-refractivity contribution is 5.84. The Labute approximate surface area is 201 Å². The zero-order valence-electron chi connectivity index (χ0n) is 19.6. The number of benzene rings is 1. The first-order valence-corrected chi connectivity index (χ1v) is 11.8. The molecule has 11 heteroatoms. The lowest BCUT2D eigenvalue weighted by molar-refractivity contribution is -0.192. The van der Waals surface area contributed by atoms with E-state index in [0.29, 0.717) is 25.4 Å². The summed E-state index contributed by atoms with van der Waals surface area (Å²) in [5.41, 5.74) is 0.693. The number of fused-ring (bicyclic) bond motifs is 2. The summed E-state index contributed by atoms with van der Waals surface area (Å²) in [5, 5.41) is 10.4. The van der Waals surface area contributed by atoms with Gasteiger partial charge in [0.05, 0.1) is 12.3 Å². The Kier molecular flexibility index (Phi) is 8.40. The van der Waals surface area contributed by atoms with E-state index in [1.807, 2.05) is 4.90 Å². The highest BCUT2D eigenvalue weighted by Crippen LogP contribution is 2.44. The summed E-state index contributed by atoms with van der Waals surface area (Å²) >= 11 is 0. The van der Waals surface area contributed by atoms with Crippen LogP contribution in [0.15, 0.2) is 24.3 Å². The number of piperidine rings is 1. The van der Waals surface area contributed by atoms with Crippen molar-refractivity contribution >= 4 is 17.8 Å². The molecule has 3 heterocycles. The van der Waals surface area contributed by atoms with Gasteiger partial charge in [0.2, 0.25) is 11.8 Å². The number of nitrogens with zero attached hydrogens (tertiary/aromatic N) is 2. The third-order valence-corrected chi connectivity index (χ3v) is 7.16. The molecule has 2 amide bonds. The molecule has 1 spiro atoms. The third-order valence-electron chi connectivity index (χ3n) is 7.16. The number of carbonyl (C=O) groups excluding carboxylic acids is 2. The van der Waals surface area contributed by atoms with Gasteiger partial charge in [0.1, 0.15) is 5.82 Å². The van der Waals surface area contributed by atoms with Crippen LogP contribution in [0.2, 0.25) is 0 Å². The Morgan fingerprint density at radius 1 is 1.14 bits per heavy atom. The smallest absolute Gasteiger partial charge is 0.475 e. The number of hydrogen-bond donors (Lipinski definition) is 2. The Morgan fingerprint density at radius 3 is 2.29 bits per heavy atom. The second-order valence-corrected chi connectivity index (χ2v) is 9.46. The van der Waals surface area contributed by atoms with Gasteiger partial charge < -0.3 is 20.2 Å². The fourth-order valence-electron chi connectivity index (χ4n) is 5.25. The molecule has 2 N–H and O–H groups in total. The number of amides is 2. The molecule has 3 fully saturated rings. The van der Waals surface area contributed by atoms with Gasteiger partial charge in [-0.15, -0.1) is 0 Å². The van der Waals surface area contributed by atoms with Crippen molar-refractivity contribution in [3.8, 4) is 0 Å². The van der Waals surface area contributed by atoms with Crippen LogP contribution >= 0.6 is 0 Å². The van der Waals surface area contributed by atoms with Crippen LogP contribution in [0.5, 0.6) is 0 Å². The number of halogens is 4. The number of unbranched alkanes of at least 4 members (excludes halogenated alkanes) is 1. The molecule has 0 saturated carbocycles. The van der Waals surface area contributed by atoms with Gasteiger partial charge in [-0.3, -0.25) is 9.59 Å². The number of alkyl halides is 3. The SMILES string of the molecule is CCCCN1C[C@H]2C(=O)NC3(CCN(C(=O)Cc4ccc(F)cc4)CC3)[C@H]2C1.O=C(O)C(F)(F)F.